The summed E-state index contributed by atoms with van der Waals surface area (Å²) in [5, 5.41) is 10.4. The fourth-order valence-corrected chi connectivity index (χ4v) is 2.87. The number of hydrogen-bond donors (Lipinski definition) is 1. The van der Waals surface area contributed by atoms with Crippen LogP contribution in [0.1, 0.15) is 60.3 Å². The monoisotopic (exact) mass is 269 g/mol. The zero-order chi connectivity index (χ0) is 14.5. The summed E-state index contributed by atoms with van der Waals surface area (Å²) < 4.78 is 5.50. The average molecular weight is 269 g/mol. The first-order valence-electron chi connectivity index (χ1n) is 7.25. The molecule has 1 saturated carbocycles. The number of carbonyl (C=O) groups is 1. The SMILES string of the molecule is CC1(C)CCC(C2(O)CC2)N(C(=O)OC(C)(C)C)C1. The summed E-state index contributed by atoms with van der Waals surface area (Å²) in [5.74, 6) is 0. The van der Waals surface area contributed by atoms with Crippen molar-refractivity contribution in [1.82, 2.24) is 4.90 Å². The second-order valence-corrected chi connectivity index (χ2v) is 7.93. The third-order valence-electron chi connectivity index (χ3n) is 4.08. The van der Waals surface area contributed by atoms with Crippen LogP contribution in [0.25, 0.3) is 0 Å². The molecular formula is C15H27NO3. The second-order valence-electron chi connectivity index (χ2n) is 7.93. The molecule has 1 amide bonds. The van der Waals surface area contributed by atoms with E-state index in [1.165, 1.54) is 0 Å². The van der Waals surface area contributed by atoms with E-state index in [4.69, 9.17) is 4.74 Å². The maximum atomic E-state index is 12.4. The van der Waals surface area contributed by atoms with Gasteiger partial charge < -0.3 is 14.7 Å². The van der Waals surface area contributed by atoms with Crippen LogP contribution in [0.3, 0.4) is 0 Å². The van der Waals surface area contributed by atoms with Crippen LogP contribution >= 0.6 is 0 Å². The van der Waals surface area contributed by atoms with Crippen molar-refractivity contribution in [3.8, 4) is 0 Å². The van der Waals surface area contributed by atoms with Crippen molar-refractivity contribution in [2.45, 2.75) is 77.5 Å². The van der Waals surface area contributed by atoms with E-state index >= 15 is 0 Å². The van der Waals surface area contributed by atoms with Crippen LogP contribution in [0.15, 0.2) is 0 Å². The molecule has 1 atom stereocenters. The van der Waals surface area contributed by atoms with E-state index in [2.05, 4.69) is 13.8 Å². The third kappa shape index (κ3) is 3.41. The first-order chi connectivity index (χ1) is 8.53. The van der Waals surface area contributed by atoms with Gasteiger partial charge in [0.25, 0.3) is 0 Å². The van der Waals surface area contributed by atoms with Crippen LogP contribution in [-0.2, 0) is 4.74 Å². The lowest BCUT2D eigenvalue weighted by Crippen LogP contribution is -2.56. The Hall–Kier alpha value is -0.770. The van der Waals surface area contributed by atoms with Crippen LogP contribution in [0, 0.1) is 5.41 Å². The molecule has 1 aliphatic heterocycles. The van der Waals surface area contributed by atoms with Gasteiger partial charge in [0, 0.05) is 6.54 Å². The summed E-state index contributed by atoms with van der Waals surface area (Å²) in [6, 6.07) is -0.0737. The van der Waals surface area contributed by atoms with Crippen molar-refractivity contribution < 1.29 is 14.6 Å². The summed E-state index contributed by atoms with van der Waals surface area (Å²) in [6.07, 6.45) is 3.22. The molecule has 0 aromatic heterocycles. The molecule has 4 nitrogen and oxygen atoms in total. The molecule has 1 N–H and O–H groups in total. The van der Waals surface area contributed by atoms with Gasteiger partial charge >= 0.3 is 6.09 Å². The Morgan fingerprint density at radius 3 is 2.32 bits per heavy atom. The number of nitrogens with zero attached hydrogens (tertiary/aromatic N) is 1. The molecule has 0 spiro atoms. The van der Waals surface area contributed by atoms with Crippen molar-refractivity contribution in [3.05, 3.63) is 0 Å². The van der Waals surface area contributed by atoms with Gasteiger partial charge in [-0.1, -0.05) is 13.8 Å². The van der Waals surface area contributed by atoms with E-state index in [1.807, 2.05) is 20.8 Å². The van der Waals surface area contributed by atoms with Gasteiger partial charge in [0.2, 0.25) is 0 Å². The predicted molar refractivity (Wildman–Crippen MR) is 73.9 cm³/mol. The minimum atomic E-state index is -0.659. The normalized spacial score (nSPS) is 28.9. The molecule has 4 heteroatoms. The predicted octanol–water partition coefficient (Wildman–Crippen LogP) is 2.94. The highest BCUT2D eigenvalue weighted by Gasteiger charge is 2.54. The Balaban J connectivity index is 2.14. The van der Waals surface area contributed by atoms with Gasteiger partial charge in [-0.25, -0.2) is 4.79 Å². The van der Waals surface area contributed by atoms with Crippen LogP contribution in [-0.4, -0.2) is 39.9 Å². The van der Waals surface area contributed by atoms with E-state index in [-0.39, 0.29) is 17.6 Å². The highest BCUT2D eigenvalue weighted by atomic mass is 16.6. The lowest BCUT2D eigenvalue weighted by molar-refractivity contribution is -0.0451. The van der Waals surface area contributed by atoms with Gasteiger partial charge in [0.05, 0.1) is 11.6 Å². The molecular weight excluding hydrogens is 242 g/mol. The number of carbonyl (C=O) groups excluding carboxylic acids is 1. The zero-order valence-electron chi connectivity index (χ0n) is 12.8. The number of aliphatic hydroxyl groups is 1. The van der Waals surface area contributed by atoms with E-state index < -0.39 is 11.2 Å². The van der Waals surface area contributed by atoms with Gasteiger partial charge in [-0.3, -0.25) is 0 Å². The highest BCUT2D eigenvalue weighted by molar-refractivity contribution is 5.69. The van der Waals surface area contributed by atoms with Crippen molar-refractivity contribution >= 4 is 6.09 Å². The van der Waals surface area contributed by atoms with E-state index in [9.17, 15) is 9.90 Å². The number of amides is 1. The van der Waals surface area contributed by atoms with Crippen molar-refractivity contribution in [1.29, 1.82) is 0 Å². The first kappa shape index (κ1) is 14.6. The smallest absolute Gasteiger partial charge is 0.410 e. The Morgan fingerprint density at radius 1 is 1.26 bits per heavy atom. The molecule has 1 saturated heterocycles. The lowest BCUT2D eigenvalue weighted by Gasteiger charge is -2.45. The molecule has 2 rings (SSSR count). The average Bonchev–Trinajstić information content (AvgIpc) is 2.93. The minimum absolute atomic E-state index is 0.0737. The molecule has 0 bridgehead atoms. The molecule has 1 unspecified atom stereocenters. The third-order valence-corrected chi connectivity index (χ3v) is 4.08. The standard InChI is InChI=1S/C15H27NO3/c1-13(2,3)19-12(17)16-10-14(4,5)7-6-11(16)15(18)8-9-15/h11,18H,6-10H2,1-5H3. The van der Waals surface area contributed by atoms with Gasteiger partial charge in [-0.05, 0) is 51.9 Å². The number of ether oxygens (including phenoxy) is 1. The first-order valence-corrected chi connectivity index (χ1v) is 7.25. The number of rotatable bonds is 1. The second kappa shape index (κ2) is 4.37. The van der Waals surface area contributed by atoms with Crippen LogP contribution < -0.4 is 0 Å². The largest absolute Gasteiger partial charge is 0.444 e. The zero-order valence-corrected chi connectivity index (χ0v) is 12.8. The fraction of sp³-hybridized carbons (Fsp3) is 0.933. The Labute approximate surface area is 116 Å². The van der Waals surface area contributed by atoms with E-state index in [0.29, 0.717) is 6.54 Å². The van der Waals surface area contributed by atoms with Crippen LogP contribution in [0.2, 0.25) is 0 Å². The molecule has 110 valence electrons. The summed E-state index contributed by atoms with van der Waals surface area (Å²) >= 11 is 0. The minimum Gasteiger partial charge on any atom is -0.444 e. The van der Waals surface area contributed by atoms with Gasteiger partial charge in [-0.2, -0.15) is 0 Å². The molecule has 1 aliphatic carbocycles. The van der Waals surface area contributed by atoms with Crippen LogP contribution in [0.5, 0.6) is 0 Å². The Morgan fingerprint density at radius 2 is 1.84 bits per heavy atom. The Bertz CT molecular complexity index is 366. The maximum Gasteiger partial charge on any atom is 0.410 e. The highest BCUT2D eigenvalue weighted by Crippen LogP contribution is 2.47. The lowest BCUT2D eigenvalue weighted by atomic mass is 9.79. The number of likely N-dealkylation sites (tertiary alicyclic amines) is 1. The van der Waals surface area contributed by atoms with Crippen molar-refractivity contribution in [3.63, 3.8) is 0 Å². The molecule has 0 radical (unpaired) electrons. The molecule has 19 heavy (non-hydrogen) atoms. The van der Waals surface area contributed by atoms with Crippen LogP contribution in [0.4, 0.5) is 4.79 Å². The van der Waals surface area contributed by atoms with E-state index in [0.717, 1.165) is 25.7 Å². The fourth-order valence-electron chi connectivity index (χ4n) is 2.87. The van der Waals surface area contributed by atoms with Crippen molar-refractivity contribution in [2.75, 3.05) is 6.54 Å². The molecule has 1 heterocycles. The molecule has 2 fully saturated rings. The molecule has 0 aromatic carbocycles. The van der Waals surface area contributed by atoms with E-state index in [1.54, 1.807) is 4.90 Å². The molecule has 2 aliphatic rings. The molecule has 0 aromatic rings. The summed E-state index contributed by atoms with van der Waals surface area (Å²) in [6.45, 7) is 10.6. The summed E-state index contributed by atoms with van der Waals surface area (Å²) in [4.78, 5) is 14.1. The Kier molecular flexibility index (Phi) is 3.37. The quantitative estimate of drug-likeness (QED) is 0.796. The summed E-state index contributed by atoms with van der Waals surface area (Å²) in [5.41, 5.74) is -1.05. The maximum absolute atomic E-state index is 12.4. The topological polar surface area (TPSA) is 49.8 Å². The summed E-state index contributed by atoms with van der Waals surface area (Å²) in [7, 11) is 0. The number of hydrogen-bond acceptors (Lipinski definition) is 3. The van der Waals surface area contributed by atoms with Gasteiger partial charge in [0.1, 0.15) is 5.60 Å². The van der Waals surface area contributed by atoms with Gasteiger partial charge in [0.15, 0.2) is 0 Å². The van der Waals surface area contributed by atoms with Gasteiger partial charge in [-0.15, -0.1) is 0 Å². The number of piperidine rings is 1. The van der Waals surface area contributed by atoms with Crippen molar-refractivity contribution in [2.24, 2.45) is 5.41 Å².